The zero-order valence-corrected chi connectivity index (χ0v) is 22.9. The molecule has 10 heteroatoms. The van der Waals surface area contributed by atoms with Gasteiger partial charge in [0.1, 0.15) is 17.6 Å². The third-order valence-electron chi connectivity index (χ3n) is 8.86. The topological polar surface area (TPSA) is 129 Å². The quantitative estimate of drug-likeness (QED) is 0.531. The maximum atomic E-state index is 13.1. The van der Waals surface area contributed by atoms with E-state index in [1.807, 2.05) is 0 Å². The predicted molar refractivity (Wildman–Crippen MR) is 147 cm³/mol. The summed E-state index contributed by atoms with van der Waals surface area (Å²) in [6.45, 7) is 4.40. The molecule has 3 fully saturated rings. The molecule has 2 aromatic rings. The summed E-state index contributed by atoms with van der Waals surface area (Å²) in [6.07, 6.45) is 11.5. The number of Topliss-reactive ketones (excluding diaryl/α,β-unsaturated/α-hetero) is 1. The Morgan fingerprint density at radius 2 is 2.08 bits per heavy atom. The van der Waals surface area contributed by atoms with E-state index in [4.69, 9.17) is 29.7 Å². The lowest BCUT2D eigenvalue weighted by Gasteiger charge is -2.37. The number of rotatable bonds is 7. The molecule has 0 unspecified atom stereocenters. The van der Waals surface area contributed by atoms with Gasteiger partial charge in [0.15, 0.2) is 0 Å². The fourth-order valence-electron chi connectivity index (χ4n) is 6.56. The first-order valence-corrected chi connectivity index (χ1v) is 14.3. The van der Waals surface area contributed by atoms with Crippen LogP contribution in [0.25, 0.3) is 17.3 Å². The third kappa shape index (κ3) is 5.00. The summed E-state index contributed by atoms with van der Waals surface area (Å²) < 4.78 is 17.5. The van der Waals surface area contributed by atoms with Crippen molar-refractivity contribution in [2.45, 2.75) is 88.3 Å². The number of hydrogen-bond acceptors (Lipinski definition) is 10. The fourth-order valence-corrected chi connectivity index (χ4v) is 6.56. The molecule has 10 nitrogen and oxygen atoms in total. The molecule has 0 aromatic carbocycles. The van der Waals surface area contributed by atoms with E-state index < -0.39 is 5.41 Å². The van der Waals surface area contributed by atoms with Crippen molar-refractivity contribution >= 4 is 17.7 Å². The minimum absolute atomic E-state index is 0.0646. The number of carbonyl (C=O) groups is 1. The molecule has 3 atom stereocenters. The summed E-state index contributed by atoms with van der Waals surface area (Å²) in [5, 5.41) is 4.48. The van der Waals surface area contributed by atoms with Crippen LogP contribution >= 0.6 is 0 Å². The zero-order valence-electron chi connectivity index (χ0n) is 22.9. The van der Waals surface area contributed by atoms with Gasteiger partial charge in [-0.3, -0.25) is 14.7 Å². The summed E-state index contributed by atoms with van der Waals surface area (Å²) >= 11 is 0. The van der Waals surface area contributed by atoms with E-state index in [1.165, 1.54) is 0 Å². The monoisotopic (exact) mass is 534 g/mol. The van der Waals surface area contributed by atoms with E-state index in [0.717, 1.165) is 69.2 Å². The summed E-state index contributed by atoms with van der Waals surface area (Å²) in [7, 11) is 2.13. The predicted octanol–water partition coefficient (Wildman–Crippen LogP) is 3.48. The second-order valence-corrected chi connectivity index (χ2v) is 11.4. The van der Waals surface area contributed by atoms with E-state index in [-0.39, 0.29) is 17.9 Å². The SMILES string of the molecule is C[C@H](Oc1cc(C(N)=CC=NC2COC2)nc(-c2onc3c2CCC[C@@]32CCCCC2=O)n1)[C@@H]1CCCN1C. The van der Waals surface area contributed by atoms with Crippen LogP contribution in [0.5, 0.6) is 5.88 Å². The van der Waals surface area contributed by atoms with Gasteiger partial charge in [-0.2, -0.15) is 4.98 Å². The summed E-state index contributed by atoms with van der Waals surface area (Å²) in [4.78, 5) is 29.5. The lowest BCUT2D eigenvalue weighted by molar-refractivity contribution is -0.127. The Morgan fingerprint density at radius 3 is 2.82 bits per heavy atom. The highest BCUT2D eigenvalue weighted by atomic mass is 16.5. The number of allylic oxidation sites excluding steroid dienone is 1. The summed E-state index contributed by atoms with van der Waals surface area (Å²) in [5.74, 6) is 1.61. The van der Waals surface area contributed by atoms with Gasteiger partial charge < -0.3 is 19.7 Å². The first-order chi connectivity index (χ1) is 18.9. The van der Waals surface area contributed by atoms with Crippen LogP contribution in [0.2, 0.25) is 0 Å². The van der Waals surface area contributed by atoms with Gasteiger partial charge in [0.25, 0.3) is 0 Å². The van der Waals surface area contributed by atoms with Gasteiger partial charge in [-0.1, -0.05) is 11.6 Å². The Balaban J connectivity index is 1.36. The molecule has 39 heavy (non-hydrogen) atoms. The van der Waals surface area contributed by atoms with Gasteiger partial charge in [0, 0.05) is 30.3 Å². The maximum absolute atomic E-state index is 13.1. The molecule has 4 heterocycles. The molecule has 2 aromatic heterocycles. The molecule has 2 aliphatic carbocycles. The number of nitrogens with zero attached hydrogens (tertiary/aromatic N) is 5. The number of ketones is 1. The normalized spacial score (nSPS) is 27.2. The molecule has 1 saturated carbocycles. The van der Waals surface area contributed by atoms with Crippen molar-refractivity contribution in [3.8, 4) is 17.5 Å². The van der Waals surface area contributed by atoms with Crippen molar-refractivity contribution < 1.29 is 18.8 Å². The Bertz CT molecular complexity index is 1280. The van der Waals surface area contributed by atoms with Crippen LogP contribution in [0.3, 0.4) is 0 Å². The highest BCUT2D eigenvalue weighted by Gasteiger charge is 2.48. The molecule has 1 spiro atoms. The van der Waals surface area contributed by atoms with Gasteiger partial charge in [0.05, 0.1) is 36.1 Å². The smallest absolute Gasteiger partial charge is 0.217 e. The molecule has 4 aliphatic rings. The lowest BCUT2D eigenvalue weighted by atomic mass is 9.64. The number of hydrogen-bond donors (Lipinski definition) is 1. The van der Waals surface area contributed by atoms with Gasteiger partial charge in [-0.05, 0) is 71.5 Å². The second kappa shape index (κ2) is 10.8. The largest absolute Gasteiger partial charge is 0.473 e. The highest BCUT2D eigenvalue weighted by molar-refractivity contribution is 5.91. The van der Waals surface area contributed by atoms with Gasteiger partial charge >= 0.3 is 0 Å². The van der Waals surface area contributed by atoms with Crippen LogP contribution in [0.4, 0.5) is 0 Å². The van der Waals surface area contributed by atoms with E-state index in [2.05, 4.69) is 29.0 Å². The Hall–Kier alpha value is -3.11. The second-order valence-electron chi connectivity index (χ2n) is 11.4. The summed E-state index contributed by atoms with van der Waals surface area (Å²) in [5.41, 5.74) is 8.64. The molecular weight excluding hydrogens is 496 g/mol. The number of aliphatic imine (C=N–C) groups is 1. The molecule has 6 rings (SSSR count). The van der Waals surface area contributed by atoms with Crippen LogP contribution in [-0.4, -0.2) is 77.0 Å². The fraction of sp³-hybridized carbons (Fsp3) is 0.621. The third-order valence-corrected chi connectivity index (χ3v) is 8.86. The summed E-state index contributed by atoms with van der Waals surface area (Å²) in [6, 6.07) is 2.26. The maximum Gasteiger partial charge on any atom is 0.217 e. The van der Waals surface area contributed by atoms with Crippen LogP contribution in [0, 0.1) is 0 Å². The molecular formula is C29H38N6O4. The standard InChI is InChI=1S/C29H38N6O4/c1-18(23-8-6-14-35(23)2)38-25-15-22(21(30)10-13-31-19-16-37-17-19)32-28(33-25)26-20-7-5-12-29(27(20)34-39-26)11-4-3-9-24(29)36/h10,13,15,18-19,23H,3-9,11-12,14,16-17,30H2,1-2H3/t18-,23-,29+/m0/s1. The van der Waals surface area contributed by atoms with Crippen molar-refractivity contribution in [1.82, 2.24) is 20.0 Å². The van der Waals surface area contributed by atoms with Crippen LogP contribution in [-0.2, 0) is 21.4 Å². The number of nitrogens with two attached hydrogens (primary N) is 1. The minimum Gasteiger partial charge on any atom is -0.473 e. The van der Waals surface area contributed by atoms with E-state index in [0.29, 0.717) is 54.5 Å². The molecule has 0 amide bonds. The number of likely N-dealkylation sites (N-methyl/N-ethyl adjacent to an activating group) is 1. The number of carbonyl (C=O) groups excluding carboxylic acids is 1. The first kappa shape index (κ1) is 26.1. The molecule has 2 N–H and O–H groups in total. The minimum atomic E-state index is -0.535. The van der Waals surface area contributed by atoms with Crippen molar-refractivity contribution in [1.29, 1.82) is 0 Å². The van der Waals surface area contributed by atoms with Crippen molar-refractivity contribution in [2.24, 2.45) is 10.7 Å². The first-order valence-electron chi connectivity index (χ1n) is 14.3. The number of aromatic nitrogens is 3. The number of fused-ring (bicyclic) bond motifs is 2. The van der Waals surface area contributed by atoms with Crippen molar-refractivity contribution in [2.75, 3.05) is 26.8 Å². The number of ether oxygens (including phenoxy) is 2. The van der Waals surface area contributed by atoms with E-state index >= 15 is 0 Å². The molecule has 2 saturated heterocycles. The van der Waals surface area contributed by atoms with Gasteiger partial charge in [-0.25, -0.2) is 4.98 Å². The zero-order chi connectivity index (χ0) is 27.0. The average molecular weight is 535 g/mol. The van der Waals surface area contributed by atoms with Crippen LogP contribution < -0.4 is 10.5 Å². The van der Waals surface area contributed by atoms with Crippen LogP contribution in [0.1, 0.15) is 75.2 Å². The average Bonchev–Trinajstić information content (AvgIpc) is 3.54. The lowest BCUT2D eigenvalue weighted by Crippen LogP contribution is -2.41. The van der Waals surface area contributed by atoms with Gasteiger partial charge in [0.2, 0.25) is 17.5 Å². The van der Waals surface area contributed by atoms with Crippen molar-refractivity contribution in [3.63, 3.8) is 0 Å². The van der Waals surface area contributed by atoms with Gasteiger partial charge in [-0.15, -0.1) is 0 Å². The Morgan fingerprint density at radius 1 is 1.23 bits per heavy atom. The number of likely N-dealkylation sites (tertiary alicyclic amines) is 1. The van der Waals surface area contributed by atoms with Crippen LogP contribution in [0.15, 0.2) is 21.7 Å². The molecule has 2 aliphatic heterocycles. The molecule has 0 bridgehead atoms. The van der Waals surface area contributed by atoms with Crippen molar-refractivity contribution in [3.05, 3.63) is 29.1 Å². The molecule has 0 radical (unpaired) electrons. The Labute approximate surface area is 229 Å². The molecule has 208 valence electrons. The highest BCUT2D eigenvalue weighted by Crippen LogP contribution is 2.47. The van der Waals surface area contributed by atoms with E-state index in [9.17, 15) is 4.79 Å². The van der Waals surface area contributed by atoms with E-state index in [1.54, 1.807) is 18.4 Å². The Kier molecular flexibility index (Phi) is 7.24.